The fraction of sp³-hybridized carbons (Fsp3) is 0.722. The predicted octanol–water partition coefficient (Wildman–Crippen LogP) is 6.18. The van der Waals surface area contributed by atoms with Gasteiger partial charge in [0.15, 0.2) is 0 Å². The molecule has 1 fully saturated rings. The maximum Gasteiger partial charge on any atom is 0.221 e. The van der Waals surface area contributed by atoms with Crippen molar-refractivity contribution in [1.82, 2.24) is 0 Å². The van der Waals surface area contributed by atoms with Crippen LogP contribution in [0.25, 0.3) is 0 Å². The smallest absolute Gasteiger partial charge is 0.221 e. The quantitative estimate of drug-likeness (QED) is 0.225. The van der Waals surface area contributed by atoms with Gasteiger partial charge in [-0.1, -0.05) is 56.4 Å². The molecule has 0 spiro atoms. The van der Waals surface area contributed by atoms with Crippen LogP contribution < -0.4 is 0 Å². The van der Waals surface area contributed by atoms with E-state index in [9.17, 15) is 4.79 Å². The van der Waals surface area contributed by atoms with E-state index in [4.69, 9.17) is 11.6 Å². The number of hydrogen-bond donors (Lipinski definition) is 0. The number of carbonyl (C=O) groups excluding carboxylic acids is 1. The second kappa shape index (κ2) is 12.2. The Balaban J connectivity index is 1.76. The minimum absolute atomic E-state index is 0.196. The lowest BCUT2D eigenvalue weighted by atomic mass is 10.1. The first-order valence-corrected chi connectivity index (χ1v) is 8.65. The number of halogens is 1. The summed E-state index contributed by atoms with van der Waals surface area (Å²) >= 11 is 5.29. The maximum atomic E-state index is 10.5. The maximum absolute atomic E-state index is 10.5. The standard InChI is InChI=1S/C18H29ClO/c19-18(20)14-12-10-8-6-4-2-1-3-5-7-9-11-13-17-15-16-17/h1,3,7,9,17H,2,4-6,8,10-16H2/b3-1-,9-7-. The van der Waals surface area contributed by atoms with Gasteiger partial charge in [-0.25, -0.2) is 0 Å². The molecule has 0 heterocycles. The number of carbonyl (C=O) groups is 1. The minimum atomic E-state index is -0.196. The van der Waals surface area contributed by atoms with E-state index in [0.717, 1.165) is 25.2 Å². The lowest BCUT2D eigenvalue weighted by Gasteiger charge is -1.98. The van der Waals surface area contributed by atoms with Gasteiger partial charge in [-0.05, 0) is 56.0 Å². The highest BCUT2D eigenvalue weighted by Crippen LogP contribution is 2.33. The summed E-state index contributed by atoms with van der Waals surface area (Å²) in [7, 11) is 0. The van der Waals surface area contributed by atoms with Crippen LogP contribution >= 0.6 is 11.6 Å². The fourth-order valence-corrected chi connectivity index (χ4v) is 2.44. The molecule has 0 unspecified atom stereocenters. The van der Waals surface area contributed by atoms with Gasteiger partial charge in [0.25, 0.3) is 0 Å². The fourth-order valence-electron chi connectivity index (χ4n) is 2.30. The van der Waals surface area contributed by atoms with E-state index in [0.29, 0.717) is 6.42 Å². The molecule has 20 heavy (non-hydrogen) atoms. The Bertz CT molecular complexity index is 303. The largest absolute Gasteiger partial charge is 0.281 e. The molecule has 0 atom stereocenters. The zero-order chi connectivity index (χ0) is 14.5. The van der Waals surface area contributed by atoms with Crippen LogP contribution in [-0.2, 0) is 4.79 Å². The van der Waals surface area contributed by atoms with E-state index in [1.807, 2.05) is 0 Å². The average molecular weight is 297 g/mol. The van der Waals surface area contributed by atoms with Crippen molar-refractivity contribution in [3.05, 3.63) is 24.3 Å². The van der Waals surface area contributed by atoms with Gasteiger partial charge in [-0.2, -0.15) is 0 Å². The van der Waals surface area contributed by atoms with Gasteiger partial charge in [0.2, 0.25) is 5.24 Å². The zero-order valence-electron chi connectivity index (χ0n) is 12.7. The van der Waals surface area contributed by atoms with E-state index in [1.54, 1.807) is 0 Å². The first kappa shape index (κ1) is 17.5. The molecule has 0 aliphatic heterocycles. The predicted molar refractivity (Wildman–Crippen MR) is 88.0 cm³/mol. The highest BCUT2D eigenvalue weighted by Gasteiger charge is 2.19. The molecule has 0 aromatic rings. The average Bonchev–Trinajstić information content (AvgIpc) is 3.23. The summed E-state index contributed by atoms with van der Waals surface area (Å²) in [5.41, 5.74) is 0. The topological polar surface area (TPSA) is 17.1 Å². The van der Waals surface area contributed by atoms with Gasteiger partial charge in [-0.3, -0.25) is 4.79 Å². The highest BCUT2D eigenvalue weighted by atomic mass is 35.5. The molecular weight excluding hydrogens is 268 g/mol. The van der Waals surface area contributed by atoms with Gasteiger partial charge in [0.05, 0.1) is 0 Å². The third-order valence-corrected chi connectivity index (χ3v) is 3.98. The van der Waals surface area contributed by atoms with Crippen molar-refractivity contribution in [2.24, 2.45) is 5.92 Å². The number of allylic oxidation sites excluding steroid dienone is 4. The summed E-state index contributed by atoms with van der Waals surface area (Å²) in [5.74, 6) is 1.05. The summed E-state index contributed by atoms with van der Waals surface area (Å²) < 4.78 is 0. The van der Waals surface area contributed by atoms with E-state index < -0.39 is 0 Å². The summed E-state index contributed by atoms with van der Waals surface area (Å²) in [6, 6.07) is 0. The van der Waals surface area contributed by atoms with E-state index in [1.165, 1.54) is 51.4 Å². The van der Waals surface area contributed by atoms with Crippen molar-refractivity contribution < 1.29 is 4.79 Å². The molecule has 0 amide bonds. The lowest BCUT2D eigenvalue weighted by Crippen LogP contribution is -1.86. The monoisotopic (exact) mass is 296 g/mol. The minimum Gasteiger partial charge on any atom is -0.281 e. The molecular formula is C18H29ClO. The van der Waals surface area contributed by atoms with Crippen LogP contribution in [-0.4, -0.2) is 5.24 Å². The number of hydrogen-bond acceptors (Lipinski definition) is 1. The number of rotatable bonds is 13. The summed E-state index contributed by atoms with van der Waals surface area (Å²) in [6.07, 6.45) is 23.4. The Labute approximate surface area is 129 Å². The highest BCUT2D eigenvalue weighted by molar-refractivity contribution is 6.63. The second-order valence-corrected chi connectivity index (χ2v) is 6.28. The zero-order valence-corrected chi connectivity index (χ0v) is 13.4. The van der Waals surface area contributed by atoms with E-state index >= 15 is 0 Å². The van der Waals surface area contributed by atoms with Crippen LogP contribution in [0.3, 0.4) is 0 Å². The second-order valence-electron chi connectivity index (χ2n) is 5.86. The van der Waals surface area contributed by atoms with Crippen LogP contribution in [0.15, 0.2) is 24.3 Å². The van der Waals surface area contributed by atoms with Crippen LogP contribution in [0.5, 0.6) is 0 Å². The molecule has 1 rings (SSSR count). The van der Waals surface area contributed by atoms with Crippen molar-refractivity contribution in [1.29, 1.82) is 0 Å². The molecule has 0 N–H and O–H groups in total. The third-order valence-electron chi connectivity index (χ3n) is 3.79. The Morgan fingerprint density at radius 2 is 1.55 bits per heavy atom. The third kappa shape index (κ3) is 12.5. The van der Waals surface area contributed by atoms with Gasteiger partial charge in [0.1, 0.15) is 0 Å². The van der Waals surface area contributed by atoms with Gasteiger partial charge < -0.3 is 0 Å². The van der Waals surface area contributed by atoms with Crippen molar-refractivity contribution in [3.8, 4) is 0 Å². The van der Waals surface area contributed by atoms with Gasteiger partial charge in [0, 0.05) is 6.42 Å². The SMILES string of the molecule is O=C(Cl)CCCCCCC/C=C\C/C=C\CCC1CC1. The molecule has 0 aromatic heterocycles. The van der Waals surface area contributed by atoms with Crippen molar-refractivity contribution in [3.63, 3.8) is 0 Å². The molecule has 1 nitrogen and oxygen atoms in total. The molecule has 0 aromatic carbocycles. The van der Waals surface area contributed by atoms with E-state index in [-0.39, 0.29) is 5.24 Å². The molecule has 0 radical (unpaired) electrons. The van der Waals surface area contributed by atoms with Crippen LogP contribution in [0.4, 0.5) is 0 Å². The summed E-state index contributed by atoms with van der Waals surface area (Å²) in [4.78, 5) is 10.5. The molecule has 1 aliphatic rings. The first-order valence-electron chi connectivity index (χ1n) is 8.27. The lowest BCUT2D eigenvalue weighted by molar-refractivity contribution is -0.111. The first-order chi connectivity index (χ1) is 9.79. The Morgan fingerprint density at radius 1 is 0.900 bits per heavy atom. The molecule has 114 valence electrons. The Kier molecular flexibility index (Phi) is 10.7. The summed E-state index contributed by atoms with van der Waals surface area (Å²) in [5, 5.41) is -0.196. The van der Waals surface area contributed by atoms with E-state index in [2.05, 4.69) is 24.3 Å². The molecule has 1 aliphatic carbocycles. The summed E-state index contributed by atoms with van der Waals surface area (Å²) in [6.45, 7) is 0. The van der Waals surface area contributed by atoms with Crippen LogP contribution in [0, 0.1) is 5.92 Å². The Morgan fingerprint density at radius 3 is 2.25 bits per heavy atom. The van der Waals surface area contributed by atoms with Crippen molar-refractivity contribution in [2.75, 3.05) is 0 Å². The van der Waals surface area contributed by atoms with Crippen molar-refractivity contribution >= 4 is 16.8 Å². The molecule has 0 saturated heterocycles. The van der Waals surface area contributed by atoms with Crippen LogP contribution in [0.1, 0.15) is 77.0 Å². The number of unbranched alkanes of at least 4 members (excludes halogenated alkanes) is 5. The van der Waals surface area contributed by atoms with Gasteiger partial charge in [-0.15, -0.1) is 0 Å². The molecule has 1 saturated carbocycles. The molecule has 0 bridgehead atoms. The Hall–Kier alpha value is -0.560. The normalized spacial score (nSPS) is 15.4. The molecule has 2 heteroatoms. The van der Waals surface area contributed by atoms with Crippen molar-refractivity contribution in [2.45, 2.75) is 77.0 Å². The van der Waals surface area contributed by atoms with Gasteiger partial charge >= 0.3 is 0 Å². The van der Waals surface area contributed by atoms with Crippen LogP contribution in [0.2, 0.25) is 0 Å².